The number of carbonyl (C=O) groups excluding carboxylic acids is 3. The maximum atomic E-state index is 11.4. The van der Waals surface area contributed by atoms with Crippen LogP contribution in [0.5, 0.6) is 0 Å². The molecular weight excluding hydrogens is 234 g/mol. The second-order valence-electron chi connectivity index (χ2n) is 3.46. The van der Waals surface area contributed by atoms with Gasteiger partial charge in [0.15, 0.2) is 0 Å². The van der Waals surface area contributed by atoms with Crippen LogP contribution in [0, 0.1) is 0 Å². The lowest BCUT2D eigenvalue weighted by molar-refractivity contribution is -0.146. The molecule has 0 saturated carbocycles. The SMILES string of the molecule is CC(=O)N1CC(=C(C)COC(=O)CCl)C1=O. The molecule has 88 valence electrons. The maximum absolute atomic E-state index is 11.4. The first-order valence-electron chi connectivity index (χ1n) is 4.70. The van der Waals surface area contributed by atoms with Crippen LogP contribution in [0.2, 0.25) is 0 Å². The average molecular weight is 246 g/mol. The van der Waals surface area contributed by atoms with E-state index in [-0.39, 0.29) is 24.3 Å². The maximum Gasteiger partial charge on any atom is 0.321 e. The van der Waals surface area contributed by atoms with Gasteiger partial charge in [0.05, 0.1) is 6.54 Å². The molecule has 1 saturated heterocycles. The average Bonchev–Trinajstić information content (AvgIpc) is 2.23. The van der Waals surface area contributed by atoms with Crippen molar-refractivity contribution in [1.29, 1.82) is 0 Å². The topological polar surface area (TPSA) is 63.7 Å². The Kier molecular flexibility index (Phi) is 4.06. The molecule has 0 unspecified atom stereocenters. The molecule has 1 aliphatic heterocycles. The highest BCUT2D eigenvalue weighted by atomic mass is 35.5. The van der Waals surface area contributed by atoms with Gasteiger partial charge in [-0.05, 0) is 12.5 Å². The summed E-state index contributed by atoms with van der Waals surface area (Å²) in [4.78, 5) is 34.2. The third-order valence-corrected chi connectivity index (χ3v) is 2.49. The van der Waals surface area contributed by atoms with E-state index in [0.717, 1.165) is 4.90 Å². The number of alkyl halides is 1. The number of halogens is 1. The number of hydrogen-bond acceptors (Lipinski definition) is 4. The van der Waals surface area contributed by atoms with Crippen molar-refractivity contribution < 1.29 is 19.1 Å². The first-order chi connectivity index (χ1) is 7.47. The summed E-state index contributed by atoms with van der Waals surface area (Å²) >= 11 is 5.25. The molecule has 1 heterocycles. The molecule has 1 fully saturated rings. The molecule has 6 heteroatoms. The van der Waals surface area contributed by atoms with Gasteiger partial charge in [-0.3, -0.25) is 19.3 Å². The smallest absolute Gasteiger partial charge is 0.321 e. The Morgan fingerprint density at radius 1 is 1.44 bits per heavy atom. The van der Waals surface area contributed by atoms with Crippen LogP contribution in [-0.2, 0) is 19.1 Å². The lowest BCUT2D eigenvalue weighted by Gasteiger charge is -2.31. The first-order valence-corrected chi connectivity index (χ1v) is 5.23. The standard InChI is InChI=1S/C10H12ClNO4/c1-6(5-16-9(14)3-11)8-4-12(7(2)13)10(8)15/h3-5H2,1-2H3. The van der Waals surface area contributed by atoms with E-state index in [1.54, 1.807) is 6.92 Å². The van der Waals surface area contributed by atoms with Gasteiger partial charge in [-0.2, -0.15) is 0 Å². The quantitative estimate of drug-likeness (QED) is 0.314. The van der Waals surface area contributed by atoms with Gasteiger partial charge in [-0.25, -0.2) is 0 Å². The molecule has 5 nitrogen and oxygen atoms in total. The summed E-state index contributed by atoms with van der Waals surface area (Å²) in [6.45, 7) is 3.35. The molecule has 0 N–H and O–H groups in total. The number of nitrogens with zero attached hydrogens (tertiary/aromatic N) is 1. The van der Waals surface area contributed by atoms with Crippen LogP contribution >= 0.6 is 11.6 Å². The van der Waals surface area contributed by atoms with Crippen LogP contribution < -0.4 is 0 Å². The Morgan fingerprint density at radius 2 is 2.06 bits per heavy atom. The van der Waals surface area contributed by atoms with Gasteiger partial charge in [-0.15, -0.1) is 11.6 Å². The van der Waals surface area contributed by atoms with Gasteiger partial charge in [-0.1, -0.05) is 0 Å². The van der Waals surface area contributed by atoms with Crippen LogP contribution in [0.4, 0.5) is 0 Å². The summed E-state index contributed by atoms with van der Waals surface area (Å²) in [5.41, 5.74) is 1.18. The third kappa shape index (κ3) is 2.61. The minimum Gasteiger partial charge on any atom is -0.460 e. The van der Waals surface area contributed by atoms with Gasteiger partial charge >= 0.3 is 5.97 Å². The fraction of sp³-hybridized carbons (Fsp3) is 0.500. The highest BCUT2D eigenvalue weighted by Crippen LogP contribution is 2.20. The molecule has 0 aliphatic carbocycles. The van der Waals surface area contributed by atoms with Gasteiger partial charge in [0.1, 0.15) is 12.5 Å². The van der Waals surface area contributed by atoms with E-state index in [0.29, 0.717) is 17.7 Å². The summed E-state index contributed by atoms with van der Waals surface area (Å²) in [6.07, 6.45) is 0. The van der Waals surface area contributed by atoms with Crippen molar-refractivity contribution in [2.75, 3.05) is 19.0 Å². The van der Waals surface area contributed by atoms with Crippen LogP contribution in [-0.4, -0.2) is 41.7 Å². The lowest BCUT2D eigenvalue weighted by atomic mass is 10.0. The molecule has 0 radical (unpaired) electrons. The predicted octanol–water partition coefficient (Wildman–Crippen LogP) is 0.474. The Bertz CT molecular complexity index is 375. The van der Waals surface area contributed by atoms with Crippen LogP contribution in [0.25, 0.3) is 0 Å². The Balaban J connectivity index is 2.54. The molecule has 0 bridgehead atoms. The molecule has 1 aliphatic rings. The number of likely N-dealkylation sites (tertiary alicyclic amines) is 1. The summed E-state index contributed by atoms with van der Waals surface area (Å²) in [5.74, 6) is -1.33. The Labute approximate surface area is 98.0 Å². The van der Waals surface area contributed by atoms with Crippen molar-refractivity contribution in [2.45, 2.75) is 13.8 Å². The van der Waals surface area contributed by atoms with Crippen LogP contribution in [0.3, 0.4) is 0 Å². The van der Waals surface area contributed by atoms with Crippen molar-refractivity contribution >= 4 is 29.4 Å². The number of β-lactam (4-membered cyclic amide) rings is 1. The van der Waals surface area contributed by atoms with Crippen molar-refractivity contribution in [1.82, 2.24) is 4.90 Å². The summed E-state index contributed by atoms with van der Waals surface area (Å²) in [6, 6.07) is 0. The molecular formula is C10H12ClNO4. The zero-order chi connectivity index (χ0) is 12.3. The monoisotopic (exact) mass is 245 g/mol. The van der Waals surface area contributed by atoms with E-state index in [9.17, 15) is 14.4 Å². The first kappa shape index (κ1) is 12.7. The van der Waals surface area contributed by atoms with E-state index in [2.05, 4.69) is 0 Å². The molecule has 2 amide bonds. The fourth-order valence-corrected chi connectivity index (χ4v) is 1.33. The number of esters is 1. The normalized spacial score (nSPS) is 17.9. The van der Waals surface area contributed by atoms with Gasteiger partial charge in [0.25, 0.3) is 5.91 Å². The summed E-state index contributed by atoms with van der Waals surface area (Å²) in [7, 11) is 0. The van der Waals surface area contributed by atoms with Gasteiger partial charge in [0, 0.05) is 12.5 Å². The van der Waals surface area contributed by atoms with Crippen LogP contribution in [0.15, 0.2) is 11.1 Å². The molecule has 0 aromatic rings. The number of amides is 2. The van der Waals surface area contributed by atoms with E-state index in [1.165, 1.54) is 6.92 Å². The molecule has 0 aromatic heterocycles. The zero-order valence-corrected chi connectivity index (χ0v) is 9.84. The van der Waals surface area contributed by atoms with Crippen molar-refractivity contribution in [3.63, 3.8) is 0 Å². The second kappa shape index (κ2) is 5.12. The van der Waals surface area contributed by atoms with Gasteiger partial charge < -0.3 is 4.74 Å². The van der Waals surface area contributed by atoms with Crippen molar-refractivity contribution in [3.8, 4) is 0 Å². The molecule has 0 aromatic carbocycles. The Morgan fingerprint density at radius 3 is 2.50 bits per heavy atom. The van der Waals surface area contributed by atoms with E-state index < -0.39 is 5.97 Å². The number of rotatable bonds is 3. The number of hydrogen-bond donors (Lipinski definition) is 0. The number of imide groups is 1. The summed E-state index contributed by atoms with van der Waals surface area (Å²) in [5, 5.41) is 0. The molecule has 0 atom stereocenters. The van der Waals surface area contributed by atoms with Crippen LogP contribution in [0.1, 0.15) is 13.8 Å². The number of carbonyl (C=O) groups is 3. The lowest BCUT2D eigenvalue weighted by Crippen LogP contribution is -2.49. The van der Waals surface area contributed by atoms with Crippen molar-refractivity contribution in [2.24, 2.45) is 0 Å². The Hall–Kier alpha value is -1.36. The summed E-state index contributed by atoms with van der Waals surface area (Å²) < 4.78 is 4.77. The minimum absolute atomic E-state index is 0.0401. The van der Waals surface area contributed by atoms with Crippen molar-refractivity contribution in [3.05, 3.63) is 11.1 Å². The van der Waals surface area contributed by atoms with Gasteiger partial charge in [0.2, 0.25) is 5.91 Å². The minimum atomic E-state index is -0.531. The zero-order valence-electron chi connectivity index (χ0n) is 9.08. The molecule has 1 rings (SSSR count). The van der Waals surface area contributed by atoms with E-state index in [1.807, 2.05) is 0 Å². The largest absolute Gasteiger partial charge is 0.460 e. The highest BCUT2D eigenvalue weighted by Gasteiger charge is 2.34. The third-order valence-electron chi connectivity index (χ3n) is 2.27. The molecule has 16 heavy (non-hydrogen) atoms. The van der Waals surface area contributed by atoms with E-state index in [4.69, 9.17) is 16.3 Å². The molecule has 0 spiro atoms. The highest BCUT2D eigenvalue weighted by molar-refractivity contribution is 6.26. The predicted molar refractivity (Wildman–Crippen MR) is 56.8 cm³/mol. The number of ether oxygens (including phenoxy) is 1. The second-order valence-corrected chi connectivity index (χ2v) is 3.73. The fourth-order valence-electron chi connectivity index (χ4n) is 1.26. The van der Waals surface area contributed by atoms with E-state index >= 15 is 0 Å².